The number of aliphatic hydroxyl groups is 2. The third kappa shape index (κ3) is 16.7. The van der Waals surface area contributed by atoms with Gasteiger partial charge < -0.3 is 39.4 Å². The van der Waals surface area contributed by atoms with Gasteiger partial charge in [-0.1, -0.05) is 76.1 Å². The van der Waals surface area contributed by atoms with Gasteiger partial charge in [-0.15, -0.1) is 11.8 Å². The van der Waals surface area contributed by atoms with Crippen molar-refractivity contribution in [3.63, 3.8) is 0 Å². The first-order valence-corrected chi connectivity index (χ1v) is 21.0. The molecule has 55 heavy (non-hydrogen) atoms. The fraction of sp³-hybridized carbons (Fsp3) is 0.525. The van der Waals surface area contributed by atoms with Crippen LogP contribution in [0.2, 0.25) is 0 Å². The van der Waals surface area contributed by atoms with E-state index in [1.807, 2.05) is 94.3 Å². The van der Waals surface area contributed by atoms with Gasteiger partial charge in [0.15, 0.2) is 0 Å². The van der Waals surface area contributed by atoms with Crippen molar-refractivity contribution in [3.8, 4) is 0 Å². The van der Waals surface area contributed by atoms with Crippen LogP contribution < -0.4 is 15.5 Å². The highest BCUT2D eigenvalue weighted by Gasteiger charge is 2.35. The first-order chi connectivity index (χ1) is 26.5. The molecule has 2 amide bonds. The zero-order valence-electron chi connectivity index (χ0n) is 33.1. The fourth-order valence-electron chi connectivity index (χ4n) is 6.27. The number of amides is 2. The predicted molar refractivity (Wildman–Crippen MR) is 226 cm³/mol. The molecule has 0 aromatic heterocycles. The summed E-state index contributed by atoms with van der Waals surface area (Å²) in [6.07, 6.45) is 2.45. The third-order valence-corrected chi connectivity index (χ3v) is 10.4. The molecule has 15 heteroatoms. The lowest BCUT2D eigenvalue weighted by molar-refractivity contribution is -0.136. The summed E-state index contributed by atoms with van der Waals surface area (Å²) < 4.78 is 36.7. The van der Waals surface area contributed by atoms with Crippen molar-refractivity contribution in [2.45, 2.75) is 94.8 Å². The summed E-state index contributed by atoms with van der Waals surface area (Å²) in [6, 6.07) is 23.8. The first kappa shape index (κ1) is 48.4. The Kier molecular flexibility index (Phi) is 23.8. The average Bonchev–Trinajstić information content (AvgIpc) is 3.32. The van der Waals surface area contributed by atoms with E-state index in [-0.39, 0.29) is 24.5 Å². The number of benzene rings is 3. The maximum Gasteiger partial charge on any atom is 0.321 e. The second kappa shape index (κ2) is 27.0. The van der Waals surface area contributed by atoms with E-state index in [0.717, 1.165) is 54.5 Å². The SMILES string of the molecule is CC.CCCCC1CSc2ccc(N(C)C)cc2C(c2cccc(NC(=O)NC3CC(OCc4ccccc4)CC(CO)O3)c2)C1O.COS.COS(=O)O. The van der Waals surface area contributed by atoms with Crippen LogP contribution in [0.25, 0.3) is 0 Å². The minimum atomic E-state index is -2.07. The Morgan fingerprint density at radius 1 is 1.05 bits per heavy atom. The number of urea groups is 1. The summed E-state index contributed by atoms with van der Waals surface area (Å²) >= 11 is 3.04. The second-order valence-electron chi connectivity index (χ2n) is 12.9. The molecule has 0 aliphatic carbocycles. The second-order valence-corrected chi connectivity index (χ2v) is 15.1. The molecule has 0 spiro atoms. The van der Waals surface area contributed by atoms with Gasteiger partial charge >= 0.3 is 17.4 Å². The molecular formula is C40H61N3O9S3. The minimum absolute atomic E-state index is 0.148. The van der Waals surface area contributed by atoms with Crippen LogP contribution in [0, 0.1) is 5.92 Å². The van der Waals surface area contributed by atoms with Crippen molar-refractivity contribution in [1.29, 1.82) is 0 Å². The van der Waals surface area contributed by atoms with Gasteiger partial charge in [0, 0.05) is 62.0 Å². The molecule has 7 atom stereocenters. The molecule has 3 aromatic rings. The number of aliphatic hydroxyl groups excluding tert-OH is 2. The number of nitrogens with one attached hydrogen (secondary N) is 2. The lowest BCUT2D eigenvalue weighted by Gasteiger charge is -2.35. The fourth-order valence-corrected chi connectivity index (χ4v) is 7.54. The van der Waals surface area contributed by atoms with Crippen LogP contribution >= 0.6 is 24.7 Å². The number of unbranched alkanes of at least 4 members (excludes halogenated alkanes) is 1. The van der Waals surface area contributed by atoms with Gasteiger partial charge in [-0.2, -0.15) is 4.21 Å². The molecule has 2 aliphatic heterocycles. The largest absolute Gasteiger partial charge is 0.394 e. The Labute approximate surface area is 340 Å². The molecule has 0 saturated carbocycles. The lowest BCUT2D eigenvalue weighted by Crippen LogP contribution is -2.48. The van der Waals surface area contributed by atoms with Gasteiger partial charge in [0.25, 0.3) is 0 Å². The number of thiol groups is 1. The lowest BCUT2D eigenvalue weighted by atomic mass is 9.80. The van der Waals surface area contributed by atoms with Gasteiger partial charge in [0.05, 0.1) is 38.6 Å². The number of fused-ring (bicyclic) bond motifs is 1. The predicted octanol–water partition coefficient (Wildman–Crippen LogP) is 7.64. The summed E-state index contributed by atoms with van der Waals surface area (Å²) in [7, 11) is 6.69. The van der Waals surface area contributed by atoms with Crippen LogP contribution in [0.1, 0.15) is 75.5 Å². The smallest absolute Gasteiger partial charge is 0.321 e. The highest BCUT2D eigenvalue weighted by atomic mass is 32.2. The number of hydrogen-bond donors (Lipinski definition) is 6. The van der Waals surface area contributed by atoms with Crippen molar-refractivity contribution < 1.29 is 41.6 Å². The molecule has 2 aliphatic rings. The third-order valence-electron chi connectivity index (χ3n) is 8.88. The van der Waals surface area contributed by atoms with E-state index in [1.165, 1.54) is 12.0 Å². The van der Waals surface area contributed by atoms with E-state index in [1.54, 1.807) is 0 Å². The van der Waals surface area contributed by atoms with E-state index in [9.17, 15) is 19.2 Å². The van der Waals surface area contributed by atoms with E-state index < -0.39 is 35.8 Å². The van der Waals surface area contributed by atoms with Crippen LogP contribution in [0.15, 0.2) is 77.7 Å². The number of rotatable bonds is 12. The molecule has 1 fully saturated rings. The van der Waals surface area contributed by atoms with Crippen LogP contribution in [0.5, 0.6) is 0 Å². The van der Waals surface area contributed by atoms with Crippen molar-refractivity contribution in [2.24, 2.45) is 5.92 Å². The maximum absolute atomic E-state index is 13.2. The molecule has 12 nitrogen and oxygen atoms in total. The quantitative estimate of drug-likeness (QED) is 0.0606. The van der Waals surface area contributed by atoms with Crippen molar-refractivity contribution in [1.82, 2.24) is 5.32 Å². The molecule has 2 heterocycles. The normalized spacial score (nSPS) is 22.0. The molecule has 0 bridgehead atoms. The Balaban J connectivity index is 0.000000940. The summed E-state index contributed by atoms with van der Waals surface area (Å²) in [4.78, 5) is 16.5. The number of anilines is 2. The molecule has 3 aromatic carbocycles. The van der Waals surface area contributed by atoms with Crippen LogP contribution in [0.4, 0.5) is 16.2 Å². The van der Waals surface area contributed by atoms with Crippen molar-refractivity contribution in [2.75, 3.05) is 50.9 Å². The summed E-state index contributed by atoms with van der Waals surface area (Å²) in [6.45, 7) is 6.50. The highest BCUT2D eigenvalue weighted by molar-refractivity contribution is 7.99. The monoisotopic (exact) mass is 823 g/mol. The van der Waals surface area contributed by atoms with Gasteiger partial charge in [-0.25, -0.2) is 4.79 Å². The minimum Gasteiger partial charge on any atom is -0.394 e. The standard InChI is InChI=1S/C36H47N3O5S.C2H6.CH4O3S.CH4OS/c1-4-5-12-26-23-45-32-16-15-28(39(2)3)18-31(32)34(35(26)41)25-13-9-14-27(17-25)37-36(42)38-33-20-29(19-30(21-40)44-33)43-22-24-10-7-6-8-11-24;1-2;1-4-5(2)3;1-2-3/h6-11,13-18,26,29-30,33-35,40-41H,4-5,12,19-23H2,1-3H3,(H2,37,38,42);1-2H3;1H3,(H,2,3);3H,1H3. The summed E-state index contributed by atoms with van der Waals surface area (Å²) in [5.74, 6) is 0.810. The molecule has 7 unspecified atom stereocenters. The number of carbonyl (C=O) groups is 1. The van der Waals surface area contributed by atoms with Gasteiger partial charge in [-0.3, -0.25) is 8.74 Å². The number of hydrogen-bond acceptors (Lipinski definition) is 11. The Morgan fingerprint density at radius 3 is 2.36 bits per heavy atom. The van der Waals surface area contributed by atoms with Gasteiger partial charge in [0.2, 0.25) is 0 Å². The molecular weight excluding hydrogens is 763 g/mol. The summed E-state index contributed by atoms with van der Waals surface area (Å²) in [5.41, 5.74) is 4.88. The topological polar surface area (TPSA) is 159 Å². The molecule has 308 valence electrons. The van der Waals surface area contributed by atoms with Crippen molar-refractivity contribution in [3.05, 3.63) is 89.5 Å². The number of nitrogens with zero attached hydrogens (tertiary/aromatic N) is 1. The Hall–Kier alpha value is -2.70. The van der Waals surface area contributed by atoms with Crippen LogP contribution in [-0.2, 0) is 35.8 Å². The molecule has 5 N–H and O–H groups in total. The van der Waals surface area contributed by atoms with Crippen LogP contribution in [0.3, 0.4) is 0 Å². The maximum atomic E-state index is 13.2. The van der Waals surface area contributed by atoms with Gasteiger partial charge in [0.1, 0.15) is 6.23 Å². The van der Waals surface area contributed by atoms with E-state index >= 15 is 0 Å². The van der Waals surface area contributed by atoms with Gasteiger partial charge in [-0.05, 0) is 72.3 Å². The molecule has 5 rings (SSSR count). The Morgan fingerprint density at radius 2 is 1.75 bits per heavy atom. The van der Waals surface area contributed by atoms with E-state index in [4.69, 9.17) is 14.0 Å². The highest BCUT2D eigenvalue weighted by Crippen LogP contribution is 2.45. The number of carbonyl (C=O) groups excluding carboxylic acids is 1. The average molecular weight is 824 g/mol. The molecule has 0 radical (unpaired) electrons. The molecule has 1 saturated heterocycles. The first-order valence-electron chi connectivity index (χ1n) is 18.6. The zero-order chi connectivity index (χ0) is 40.8. The van der Waals surface area contributed by atoms with Crippen LogP contribution in [-0.4, -0.2) is 90.2 Å². The Bertz CT molecular complexity index is 1540. The van der Waals surface area contributed by atoms with E-state index in [0.29, 0.717) is 25.1 Å². The zero-order valence-corrected chi connectivity index (χ0v) is 35.6. The van der Waals surface area contributed by atoms with Crippen molar-refractivity contribution >= 4 is 53.4 Å². The van der Waals surface area contributed by atoms with E-state index in [2.05, 4.69) is 61.9 Å². The number of thioether (sulfide) groups is 1. The summed E-state index contributed by atoms with van der Waals surface area (Å²) in [5, 5.41) is 27.6. The number of ether oxygens (including phenoxy) is 2.